The van der Waals surface area contributed by atoms with E-state index in [0.29, 0.717) is 18.4 Å². The van der Waals surface area contributed by atoms with Gasteiger partial charge >= 0.3 is 0 Å². The molecular weight excluding hydrogens is 252 g/mol. The second-order valence-electron chi connectivity index (χ2n) is 5.52. The largest absolute Gasteiger partial charge is 0.338 e. The minimum atomic E-state index is -3.30. The van der Waals surface area contributed by atoms with Crippen molar-refractivity contribution in [1.82, 2.24) is 10.2 Å². The molecule has 0 aromatic rings. The number of nitrogens with zero attached hydrogens (tertiary/aromatic N) is 1. The van der Waals surface area contributed by atoms with Gasteiger partial charge in [0.05, 0.1) is 0 Å². The molecule has 18 heavy (non-hydrogen) atoms. The summed E-state index contributed by atoms with van der Waals surface area (Å²) in [7, 11) is -3.30. The molecule has 2 saturated heterocycles. The predicted molar refractivity (Wildman–Crippen MR) is 69.9 cm³/mol. The number of likely N-dealkylation sites (tertiary alicyclic amines) is 1. The Morgan fingerprint density at radius 3 is 2.67 bits per heavy atom. The Balaban J connectivity index is 2.16. The van der Waals surface area contributed by atoms with Crippen LogP contribution in [0.25, 0.3) is 0 Å². The van der Waals surface area contributed by atoms with Crippen molar-refractivity contribution in [3.05, 3.63) is 0 Å². The molecule has 4 unspecified atom stereocenters. The van der Waals surface area contributed by atoms with Gasteiger partial charge in [0.15, 0.2) is 9.84 Å². The van der Waals surface area contributed by atoms with Gasteiger partial charge in [-0.15, -0.1) is 0 Å². The summed E-state index contributed by atoms with van der Waals surface area (Å²) in [4.78, 5) is 14.1. The molecule has 0 spiro atoms. The first-order valence-electron chi connectivity index (χ1n) is 6.56. The minimum absolute atomic E-state index is 0.196. The van der Waals surface area contributed by atoms with Gasteiger partial charge in [0.1, 0.15) is 5.25 Å². The Bertz CT molecular complexity index is 435. The highest BCUT2D eigenvalue weighted by molar-refractivity contribution is 7.92. The molecule has 0 bridgehead atoms. The molecule has 0 radical (unpaired) electrons. The van der Waals surface area contributed by atoms with Crippen molar-refractivity contribution in [2.75, 3.05) is 25.9 Å². The van der Waals surface area contributed by atoms with Crippen molar-refractivity contribution in [2.24, 2.45) is 11.8 Å². The van der Waals surface area contributed by atoms with Gasteiger partial charge < -0.3 is 10.2 Å². The quantitative estimate of drug-likeness (QED) is 0.779. The van der Waals surface area contributed by atoms with E-state index in [4.69, 9.17) is 0 Å². The first kappa shape index (κ1) is 13.8. The molecule has 2 fully saturated rings. The Morgan fingerprint density at radius 1 is 1.44 bits per heavy atom. The van der Waals surface area contributed by atoms with Crippen LogP contribution in [0.3, 0.4) is 0 Å². The molecule has 2 aliphatic heterocycles. The normalized spacial score (nSPS) is 33.5. The van der Waals surface area contributed by atoms with Crippen molar-refractivity contribution in [3.8, 4) is 0 Å². The summed E-state index contributed by atoms with van der Waals surface area (Å²) >= 11 is 0. The van der Waals surface area contributed by atoms with Crippen LogP contribution in [0.15, 0.2) is 0 Å². The minimum Gasteiger partial charge on any atom is -0.338 e. The van der Waals surface area contributed by atoms with Gasteiger partial charge in [-0.25, -0.2) is 8.42 Å². The van der Waals surface area contributed by atoms with Crippen LogP contribution in [0.1, 0.15) is 20.3 Å². The number of sulfone groups is 1. The smallest absolute Gasteiger partial charge is 0.240 e. The highest BCUT2D eigenvalue weighted by Gasteiger charge is 2.46. The summed E-state index contributed by atoms with van der Waals surface area (Å²) < 4.78 is 23.0. The van der Waals surface area contributed by atoms with Gasteiger partial charge in [0.25, 0.3) is 0 Å². The molecule has 0 saturated carbocycles. The molecule has 2 aliphatic rings. The number of hydrogen-bond acceptors (Lipinski definition) is 4. The Morgan fingerprint density at radius 2 is 2.11 bits per heavy atom. The standard InChI is InChI=1S/C12H22N2O3S/c1-4-11-10-6-13-5-9(10)7-14(11)12(15)8(2)18(3,16)17/h8-11,13H,4-7H2,1-3H3. The Labute approximate surface area is 109 Å². The van der Waals surface area contributed by atoms with Crippen molar-refractivity contribution < 1.29 is 13.2 Å². The third-order valence-electron chi connectivity index (χ3n) is 4.41. The Hall–Kier alpha value is -0.620. The molecule has 104 valence electrons. The molecule has 0 aromatic heterocycles. The molecule has 2 rings (SSSR count). The van der Waals surface area contributed by atoms with Crippen LogP contribution in [0, 0.1) is 11.8 Å². The number of carbonyl (C=O) groups excluding carboxylic acids is 1. The molecule has 5 nitrogen and oxygen atoms in total. The molecule has 4 atom stereocenters. The average molecular weight is 274 g/mol. The number of fused-ring (bicyclic) bond motifs is 1. The summed E-state index contributed by atoms with van der Waals surface area (Å²) in [5.74, 6) is 0.759. The lowest BCUT2D eigenvalue weighted by atomic mass is 9.93. The third kappa shape index (κ3) is 2.28. The van der Waals surface area contributed by atoms with Crippen molar-refractivity contribution in [1.29, 1.82) is 0 Å². The zero-order valence-electron chi connectivity index (χ0n) is 11.2. The van der Waals surface area contributed by atoms with Gasteiger partial charge in [0.2, 0.25) is 5.91 Å². The average Bonchev–Trinajstić information content (AvgIpc) is 2.84. The maximum atomic E-state index is 12.3. The first-order chi connectivity index (χ1) is 8.36. The molecular formula is C12H22N2O3S. The van der Waals surface area contributed by atoms with Crippen molar-refractivity contribution in [2.45, 2.75) is 31.6 Å². The van der Waals surface area contributed by atoms with Gasteiger partial charge in [-0.3, -0.25) is 4.79 Å². The van der Waals surface area contributed by atoms with E-state index in [9.17, 15) is 13.2 Å². The van der Waals surface area contributed by atoms with Crippen LogP contribution in [-0.4, -0.2) is 56.4 Å². The van der Waals surface area contributed by atoms with Crippen LogP contribution >= 0.6 is 0 Å². The van der Waals surface area contributed by atoms with Crippen LogP contribution < -0.4 is 5.32 Å². The second kappa shape index (κ2) is 4.81. The van der Waals surface area contributed by atoms with E-state index >= 15 is 0 Å². The van der Waals surface area contributed by atoms with Crippen LogP contribution in [0.4, 0.5) is 0 Å². The number of rotatable bonds is 3. The molecule has 1 N–H and O–H groups in total. The summed E-state index contributed by atoms with van der Waals surface area (Å²) in [5, 5.41) is 2.43. The van der Waals surface area contributed by atoms with Crippen molar-refractivity contribution >= 4 is 15.7 Å². The summed E-state index contributed by atoms with van der Waals surface area (Å²) in [6, 6.07) is 0.196. The molecule has 0 aromatic carbocycles. The fraction of sp³-hybridized carbons (Fsp3) is 0.917. The lowest BCUT2D eigenvalue weighted by Gasteiger charge is -2.28. The second-order valence-corrected chi connectivity index (χ2v) is 7.89. The van der Waals surface area contributed by atoms with Crippen molar-refractivity contribution in [3.63, 3.8) is 0 Å². The van der Waals surface area contributed by atoms with E-state index < -0.39 is 15.1 Å². The maximum Gasteiger partial charge on any atom is 0.240 e. The number of nitrogens with one attached hydrogen (secondary N) is 1. The number of hydrogen-bond donors (Lipinski definition) is 1. The van der Waals surface area contributed by atoms with Gasteiger partial charge in [-0.1, -0.05) is 6.92 Å². The monoisotopic (exact) mass is 274 g/mol. The number of amides is 1. The van der Waals surface area contributed by atoms with Gasteiger partial charge in [-0.05, 0) is 25.2 Å². The van der Waals surface area contributed by atoms with E-state index in [1.54, 1.807) is 0 Å². The van der Waals surface area contributed by atoms with E-state index in [-0.39, 0.29) is 11.9 Å². The molecule has 6 heteroatoms. The van der Waals surface area contributed by atoms with Gasteiger partial charge in [-0.2, -0.15) is 0 Å². The van der Waals surface area contributed by atoms with Crippen LogP contribution in [0.2, 0.25) is 0 Å². The Kier molecular flexibility index (Phi) is 3.69. The molecule has 1 amide bonds. The highest BCUT2D eigenvalue weighted by atomic mass is 32.2. The lowest BCUT2D eigenvalue weighted by molar-refractivity contribution is -0.131. The summed E-state index contributed by atoms with van der Waals surface area (Å²) in [6.45, 7) is 6.15. The fourth-order valence-corrected chi connectivity index (χ4v) is 3.72. The highest BCUT2D eigenvalue weighted by Crippen LogP contribution is 2.34. The third-order valence-corrected chi connectivity index (χ3v) is 5.90. The van der Waals surface area contributed by atoms with Crippen LogP contribution in [-0.2, 0) is 14.6 Å². The first-order valence-corrected chi connectivity index (χ1v) is 8.51. The summed E-state index contributed by atoms with van der Waals surface area (Å²) in [5.41, 5.74) is 0. The van der Waals surface area contributed by atoms with E-state index in [1.807, 2.05) is 4.90 Å². The zero-order chi connectivity index (χ0) is 13.5. The zero-order valence-corrected chi connectivity index (χ0v) is 12.0. The maximum absolute atomic E-state index is 12.3. The van der Waals surface area contributed by atoms with E-state index in [2.05, 4.69) is 12.2 Å². The van der Waals surface area contributed by atoms with Gasteiger partial charge in [0, 0.05) is 31.9 Å². The SMILES string of the molecule is CCC1C2CNCC2CN1C(=O)C(C)S(C)(=O)=O. The predicted octanol–water partition coefficient (Wildman–Crippen LogP) is -0.124. The van der Waals surface area contributed by atoms with E-state index in [0.717, 1.165) is 25.8 Å². The fourth-order valence-electron chi connectivity index (χ4n) is 3.22. The molecule has 0 aliphatic carbocycles. The lowest BCUT2D eigenvalue weighted by Crippen LogP contribution is -2.46. The van der Waals surface area contributed by atoms with Crippen LogP contribution in [0.5, 0.6) is 0 Å². The van der Waals surface area contributed by atoms with E-state index in [1.165, 1.54) is 6.92 Å². The molecule has 2 heterocycles. The summed E-state index contributed by atoms with van der Waals surface area (Å²) in [6.07, 6.45) is 2.03. The number of carbonyl (C=O) groups is 1. The topological polar surface area (TPSA) is 66.5 Å².